The van der Waals surface area contributed by atoms with E-state index in [1.807, 2.05) is 0 Å². The SMILES string of the molecule is Cc1csc2c(N3CCCCCC3CO)ncnc12. The summed E-state index contributed by atoms with van der Waals surface area (Å²) in [5, 5.41) is 11.8. The number of rotatable bonds is 2. The number of hydrogen-bond acceptors (Lipinski definition) is 5. The third kappa shape index (κ3) is 2.32. The molecule has 0 radical (unpaired) electrons. The summed E-state index contributed by atoms with van der Waals surface area (Å²) in [4.78, 5) is 11.2. The second-order valence-corrected chi connectivity index (χ2v) is 6.05. The van der Waals surface area contributed by atoms with Gasteiger partial charge in [-0.1, -0.05) is 12.8 Å². The van der Waals surface area contributed by atoms with Crippen molar-refractivity contribution >= 4 is 27.4 Å². The Bertz CT molecular complexity index is 569. The highest BCUT2D eigenvalue weighted by molar-refractivity contribution is 7.18. The van der Waals surface area contributed by atoms with Gasteiger partial charge in [-0.15, -0.1) is 11.3 Å². The Morgan fingerprint density at radius 2 is 2.26 bits per heavy atom. The van der Waals surface area contributed by atoms with Gasteiger partial charge in [-0.05, 0) is 30.7 Å². The van der Waals surface area contributed by atoms with E-state index in [1.54, 1.807) is 17.7 Å². The maximum atomic E-state index is 9.64. The molecule has 1 unspecified atom stereocenters. The summed E-state index contributed by atoms with van der Waals surface area (Å²) in [6.07, 6.45) is 6.31. The molecule has 102 valence electrons. The molecular formula is C14H19N3OS. The molecule has 0 saturated carbocycles. The minimum atomic E-state index is 0.197. The van der Waals surface area contributed by atoms with E-state index in [2.05, 4.69) is 27.2 Å². The summed E-state index contributed by atoms with van der Waals surface area (Å²) in [5.74, 6) is 1.00. The van der Waals surface area contributed by atoms with Crippen molar-refractivity contribution in [2.24, 2.45) is 0 Å². The van der Waals surface area contributed by atoms with Crippen molar-refractivity contribution in [2.45, 2.75) is 38.6 Å². The molecule has 1 saturated heterocycles. The number of thiophene rings is 1. The number of nitrogens with zero attached hydrogens (tertiary/aromatic N) is 3. The zero-order valence-electron chi connectivity index (χ0n) is 11.2. The van der Waals surface area contributed by atoms with Crippen molar-refractivity contribution in [3.63, 3.8) is 0 Å². The summed E-state index contributed by atoms with van der Waals surface area (Å²) in [6.45, 7) is 3.27. The number of hydrogen-bond donors (Lipinski definition) is 1. The minimum absolute atomic E-state index is 0.197. The van der Waals surface area contributed by atoms with Crippen LogP contribution in [0.15, 0.2) is 11.7 Å². The van der Waals surface area contributed by atoms with Gasteiger partial charge in [0, 0.05) is 6.54 Å². The molecule has 4 nitrogen and oxygen atoms in total. The molecular weight excluding hydrogens is 258 g/mol. The van der Waals surface area contributed by atoms with Crippen molar-refractivity contribution in [3.8, 4) is 0 Å². The molecule has 1 N–H and O–H groups in total. The summed E-state index contributed by atoms with van der Waals surface area (Å²) >= 11 is 1.71. The Hall–Kier alpha value is -1.20. The summed E-state index contributed by atoms with van der Waals surface area (Å²) in [5.41, 5.74) is 2.26. The smallest absolute Gasteiger partial charge is 0.150 e. The van der Waals surface area contributed by atoms with Gasteiger partial charge in [-0.25, -0.2) is 9.97 Å². The molecule has 1 fully saturated rings. The third-order valence-corrected chi connectivity index (χ3v) is 4.96. The zero-order chi connectivity index (χ0) is 13.2. The Balaban J connectivity index is 2.06. The van der Waals surface area contributed by atoms with Crippen LogP contribution in [-0.4, -0.2) is 34.3 Å². The van der Waals surface area contributed by atoms with Crippen LogP contribution in [0, 0.1) is 6.92 Å². The molecule has 0 bridgehead atoms. The fourth-order valence-corrected chi connectivity index (χ4v) is 3.81. The molecule has 19 heavy (non-hydrogen) atoms. The lowest BCUT2D eigenvalue weighted by Gasteiger charge is -2.29. The van der Waals surface area contributed by atoms with Crippen LogP contribution in [0.25, 0.3) is 10.2 Å². The quantitative estimate of drug-likeness (QED) is 0.917. The molecule has 0 spiro atoms. The van der Waals surface area contributed by atoms with E-state index in [-0.39, 0.29) is 12.6 Å². The first-order valence-electron chi connectivity index (χ1n) is 6.87. The van der Waals surface area contributed by atoms with Crippen molar-refractivity contribution < 1.29 is 5.11 Å². The first kappa shape index (κ1) is 12.8. The summed E-state index contributed by atoms with van der Waals surface area (Å²) in [6, 6.07) is 0.197. The molecule has 2 aromatic rings. The number of aliphatic hydroxyl groups excluding tert-OH is 1. The molecule has 2 aromatic heterocycles. The van der Waals surface area contributed by atoms with E-state index in [1.165, 1.54) is 24.8 Å². The Kier molecular flexibility index (Phi) is 3.66. The van der Waals surface area contributed by atoms with Crippen molar-refractivity contribution in [1.29, 1.82) is 0 Å². The van der Waals surface area contributed by atoms with Crippen LogP contribution >= 0.6 is 11.3 Å². The molecule has 3 rings (SSSR count). The molecule has 0 aliphatic carbocycles. The predicted octanol–water partition coefficient (Wildman–Crippen LogP) is 2.74. The molecule has 5 heteroatoms. The van der Waals surface area contributed by atoms with E-state index < -0.39 is 0 Å². The van der Waals surface area contributed by atoms with E-state index in [0.717, 1.165) is 29.0 Å². The normalized spacial score (nSPS) is 20.7. The van der Waals surface area contributed by atoms with E-state index in [9.17, 15) is 5.11 Å². The van der Waals surface area contributed by atoms with Gasteiger partial charge in [0.15, 0.2) is 0 Å². The first-order valence-corrected chi connectivity index (χ1v) is 7.75. The lowest BCUT2D eigenvalue weighted by Crippen LogP contribution is -2.38. The average molecular weight is 277 g/mol. The summed E-state index contributed by atoms with van der Waals surface area (Å²) < 4.78 is 1.15. The van der Waals surface area contributed by atoms with Crippen LogP contribution in [0.1, 0.15) is 31.2 Å². The van der Waals surface area contributed by atoms with Crippen LogP contribution in [0.5, 0.6) is 0 Å². The van der Waals surface area contributed by atoms with Gasteiger partial charge in [0.1, 0.15) is 12.1 Å². The minimum Gasteiger partial charge on any atom is -0.394 e. The van der Waals surface area contributed by atoms with E-state index in [4.69, 9.17) is 0 Å². The van der Waals surface area contributed by atoms with Crippen LogP contribution in [0.2, 0.25) is 0 Å². The van der Waals surface area contributed by atoms with Crippen molar-refractivity contribution in [1.82, 2.24) is 9.97 Å². The van der Waals surface area contributed by atoms with Crippen molar-refractivity contribution in [3.05, 3.63) is 17.3 Å². The van der Waals surface area contributed by atoms with Gasteiger partial charge < -0.3 is 10.0 Å². The molecule has 1 aliphatic rings. The highest BCUT2D eigenvalue weighted by Gasteiger charge is 2.24. The number of anilines is 1. The van der Waals surface area contributed by atoms with Gasteiger partial charge in [0.2, 0.25) is 0 Å². The molecule has 0 aromatic carbocycles. The Morgan fingerprint density at radius 3 is 3.11 bits per heavy atom. The number of aromatic nitrogens is 2. The predicted molar refractivity (Wildman–Crippen MR) is 78.8 cm³/mol. The molecule has 3 heterocycles. The van der Waals surface area contributed by atoms with Gasteiger partial charge in [0.25, 0.3) is 0 Å². The summed E-state index contributed by atoms with van der Waals surface area (Å²) in [7, 11) is 0. The largest absolute Gasteiger partial charge is 0.394 e. The van der Waals surface area contributed by atoms with Gasteiger partial charge in [-0.2, -0.15) is 0 Å². The van der Waals surface area contributed by atoms with E-state index >= 15 is 0 Å². The lowest BCUT2D eigenvalue weighted by molar-refractivity contribution is 0.255. The number of aliphatic hydroxyl groups is 1. The van der Waals surface area contributed by atoms with Gasteiger partial charge in [0.05, 0.1) is 22.9 Å². The van der Waals surface area contributed by atoms with Crippen LogP contribution < -0.4 is 4.90 Å². The highest BCUT2D eigenvalue weighted by atomic mass is 32.1. The standard InChI is InChI=1S/C14H19N3OS/c1-10-8-19-13-12(10)15-9-16-14(13)17-6-4-2-3-5-11(17)7-18/h8-9,11,18H,2-7H2,1H3. The fraction of sp³-hybridized carbons (Fsp3) is 0.571. The van der Waals surface area contributed by atoms with Crippen LogP contribution in [0.3, 0.4) is 0 Å². The third-order valence-electron chi connectivity index (χ3n) is 3.87. The number of fused-ring (bicyclic) bond motifs is 1. The highest BCUT2D eigenvalue weighted by Crippen LogP contribution is 2.33. The van der Waals surface area contributed by atoms with Gasteiger partial charge in [-0.3, -0.25) is 0 Å². The first-order chi connectivity index (χ1) is 9.31. The molecule has 1 aliphatic heterocycles. The number of aryl methyl sites for hydroxylation is 1. The van der Waals surface area contributed by atoms with Crippen molar-refractivity contribution in [2.75, 3.05) is 18.1 Å². The molecule has 1 atom stereocenters. The van der Waals surface area contributed by atoms with Gasteiger partial charge >= 0.3 is 0 Å². The maximum Gasteiger partial charge on any atom is 0.150 e. The Labute approximate surface area is 117 Å². The van der Waals surface area contributed by atoms with E-state index in [0.29, 0.717) is 0 Å². The average Bonchev–Trinajstić information content (AvgIpc) is 2.68. The second kappa shape index (κ2) is 5.43. The van der Waals surface area contributed by atoms with Crippen LogP contribution in [0.4, 0.5) is 5.82 Å². The monoisotopic (exact) mass is 277 g/mol. The fourth-order valence-electron chi connectivity index (χ4n) is 2.81. The second-order valence-electron chi connectivity index (χ2n) is 5.17. The maximum absolute atomic E-state index is 9.64. The topological polar surface area (TPSA) is 49.2 Å². The zero-order valence-corrected chi connectivity index (χ0v) is 12.0. The van der Waals surface area contributed by atoms with Crippen LogP contribution in [-0.2, 0) is 0 Å². The Morgan fingerprint density at radius 1 is 1.37 bits per heavy atom. The lowest BCUT2D eigenvalue weighted by atomic mass is 10.1. The molecule has 0 amide bonds.